The highest BCUT2D eigenvalue weighted by Crippen LogP contribution is 2.20. The van der Waals surface area contributed by atoms with Crippen molar-refractivity contribution in [2.45, 2.75) is 16.3 Å². The number of sulfonamides is 1. The van der Waals surface area contributed by atoms with Gasteiger partial charge in [-0.25, -0.2) is 21.2 Å². The van der Waals surface area contributed by atoms with E-state index in [4.69, 9.17) is 0 Å². The van der Waals surface area contributed by atoms with E-state index in [1.54, 1.807) is 6.07 Å². The highest BCUT2D eigenvalue weighted by molar-refractivity contribution is 7.91. The molecular formula is C15H16FNO4S2. The molecule has 0 heterocycles. The van der Waals surface area contributed by atoms with Crippen LogP contribution in [0, 0.1) is 5.82 Å². The Morgan fingerprint density at radius 3 is 2.17 bits per heavy atom. The third-order valence-electron chi connectivity index (χ3n) is 3.24. The van der Waals surface area contributed by atoms with Gasteiger partial charge in [0.1, 0.15) is 5.82 Å². The first-order valence-corrected chi connectivity index (χ1v) is 9.95. The summed E-state index contributed by atoms with van der Waals surface area (Å²) in [7, 11) is -6.04. The zero-order chi connectivity index (χ0) is 17.3. The highest BCUT2D eigenvalue weighted by Gasteiger charge is 2.22. The van der Waals surface area contributed by atoms with Gasteiger partial charge in [0.05, 0.1) is 9.79 Å². The molecule has 0 spiro atoms. The van der Waals surface area contributed by atoms with Crippen LogP contribution < -0.4 is 0 Å². The van der Waals surface area contributed by atoms with Crippen molar-refractivity contribution in [1.29, 1.82) is 0 Å². The molecule has 5 nitrogen and oxygen atoms in total. The monoisotopic (exact) mass is 357 g/mol. The Hall–Kier alpha value is -1.77. The van der Waals surface area contributed by atoms with Gasteiger partial charge >= 0.3 is 0 Å². The number of hydrogen-bond acceptors (Lipinski definition) is 4. The van der Waals surface area contributed by atoms with Crippen LogP contribution in [0.4, 0.5) is 4.39 Å². The molecular weight excluding hydrogens is 341 g/mol. The van der Waals surface area contributed by atoms with Crippen LogP contribution >= 0.6 is 0 Å². The number of halogens is 1. The molecule has 0 saturated carbocycles. The van der Waals surface area contributed by atoms with E-state index in [-0.39, 0.29) is 16.3 Å². The summed E-state index contributed by atoms with van der Waals surface area (Å²) < 4.78 is 62.4. The fraction of sp³-hybridized carbons (Fsp3) is 0.200. The van der Waals surface area contributed by atoms with Gasteiger partial charge in [0.2, 0.25) is 10.0 Å². The van der Waals surface area contributed by atoms with E-state index in [1.165, 1.54) is 43.4 Å². The summed E-state index contributed by atoms with van der Waals surface area (Å²) in [5.74, 6) is -0.452. The standard InChI is InChI=1S/C15H16FNO4S2/c1-17(11-12-5-3-6-13(16)9-12)23(20,21)15-8-4-7-14(10-15)22(2,18)19/h3-10H,11H2,1-2H3. The maximum atomic E-state index is 13.2. The first-order chi connectivity index (χ1) is 10.6. The van der Waals surface area contributed by atoms with Crippen LogP contribution in [0.2, 0.25) is 0 Å². The second kappa shape index (κ2) is 6.38. The van der Waals surface area contributed by atoms with Crippen molar-refractivity contribution in [3.8, 4) is 0 Å². The maximum absolute atomic E-state index is 13.2. The molecule has 0 N–H and O–H groups in total. The maximum Gasteiger partial charge on any atom is 0.243 e. The summed E-state index contributed by atoms with van der Waals surface area (Å²) in [6.45, 7) is -0.0246. The lowest BCUT2D eigenvalue weighted by Gasteiger charge is -2.17. The smallest absolute Gasteiger partial charge is 0.224 e. The quantitative estimate of drug-likeness (QED) is 0.821. The molecule has 0 aliphatic heterocycles. The molecule has 124 valence electrons. The normalized spacial score (nSPS) is 12.5. The van der Waals surface area contributed by atoms with E-state index in [9.17, 15) is 21.2 Å². The highest BCUT2D eigenvalue weighted by atomic mass is 32.2. The predicted octanol–water partition coefficient (Wildman–Crippen LogP) is 2.05. The van der Waals surface area contributed by atoms with Crippen LogP contribution in [0.3, 0.4) is 0 Å². The minimum atomic E-state index is -3.89. The molecule has 2 rings (SSSR count). The third kappa shape index (κ3) is 4.15. The van der Waals surface area contributed by atoms with Gasteiger partial charge in [0, 0.05) is 19.8 Å². The number of sulfone groups is 1. The van der Waals surface area contributed by atoms with Crippen molar-refractivity contribution in [2.75, 3.05) is 13.3 Å². The second-order valence-corrected chi connectivity index (χ2v) is 9.20. The zero-order valence-electron chi connectivity index (χ0n) is 12.6. The van der Waals surface area contributed by atoms with Gasteiger partial charge in [-0.3, -0.25) is 0 Å². The van der Waals surface area contributed by atoms with Crippen LogP contribution in [0.25, 0.3) is 0 Å². The van der Waals surface area contributed by atoms with Gasteiger partial charge in [-0.2, -0.15) is 4.31 Å². The summed E-state index contributed by atoms with van der Waals surface area (Å²) in [5, 5.41) is 0. The Balaban J connectivity index is 2.34. The number of hydrogen-bond donors (Lipinski definition) is 0. The van der Waals surface area contributed by atoms with Gasteiger partial charge in [-0.1, -0.05) is 18.2 Å². The fourth-order valence-corrected chi connectivity index (χ4v) is 3.97. The Kier molecular flexibility index (Phi) is 4.88. The molecule has 8 heteroatoms. The van der Waals surface area contributed by atoms with E-state index >= 15 is 0 Å². The van der Waals surface area contributed by atoms with Crippen molar-refractivity contribution in [3.63, 3.8) is 0 Å². The fourth-order valence-electron chi connectivity index (χ4n) is 2.02. The summed E-state index contributed by atoms with van der Waals surface area (Å²) in [6.07, 6.45) is 1.01. The molecule has 23 heavy (non-hydrogen) atoms. The molecule has 0 aromatic heterocycles. The molecule has 0 aliphatic rings. The molecule has 0 amide bonds. The lowest BCUT2D eigenvalue weighted by Crippen LogP contribution is -2.26. The SMILES string of the molecule is CN(Cc1cccc(F)c1)S(=O)(=O)c1cccc(S(C)(=O)=O)c1. The second-order valence-electron chi connectivity index (χ2n) is 5.14. The summed E-state index contributed by atoms with van der Waals surface area (Å²) in [4.78, 5) is -0.197. The topological polar surface area (TPSA) is 71.5 Å². The molecule has 0 radical (unpaired) electrons. The van der Waals surface area contributed by atoms with Gasteiger partial charge in [0.15, 0.2) is 9.84 Å². The Morgan fingerprint density at radius 1 is 0.957 bits per heavy atom. The number of rotatable bonds is 5. The van der Waals surface area contributed by atoms with Crippen LogP contribution in [0.1, 0.15) is 5.56 Å². The van der Waals surface area contributed by atoms with E-state index in [1.807, 2.05) is 0 Å². The molecule has 0 aliphatic carbocycles. The first kappa shape index (κ1) is 17.6. The van der Waals surface area contributed by atoms with Gasteiger partial charge in [0.25, 0.3) is 0 Å². The van der Waals surface area contributed by atoms with Crippen molar-refractivity contribution in [1.82, 2.24) is 4.31 Å². The largest absolute Gasteiger partial charge is 0.243 e. The van der Waals surface area contributed by atoms with Gasteiger partial charge < -0.3 is 0 Å². The summed E-state index contributed by atoms with van der Waals surface area (Å²) in [6, 6.07) is 10.8. The van der Waals surface area contributed by atoms with E-state index < -0.39 is 25.7 Å². The number of nitrogens with zero attached hydrogens (tertiary/aromatic N) is 1. The van der Waals surface area contributed by atoms with Crippen LogP contribution in [-0.4, -0.2) is 34.4 Å². The van der Waals surface area contributed by atoms with E-state index in [2.05, 4.69) is 0 Å². The average molecular weight is 357 g/mol. The lowest BCUT2D eigenvalue weighted by molar-refractivity contribution is 0.465. The Labute approximate surface area is 135 Å². The lowest BCUT2D eigenvalue weighted by atomic mass is 10.2. The van der Waals surface area contributed by atoms with Gasteiger partial charge in [-0.05, 0) is 35.9 Å². The molecule has 0 saturated heterocycles. The zero-order valence-corrected chi connectivity index (χ0v) is 14.2. The van der Waals surface area contributed by atoms with Crippen molar-refractivity contribution in [3.05, 3.63) is 59.9 Å². The third-order valence-corrected chi connectivity index (χ3v) is 6.15. The molecule has 0 atom stereocenters. The van der Waals surface area contributed by atoms with E-state index in [0.717, 1.165) is 16.6 Å². The molecule has 2 aromatic carbocycles. The Bertz CT molecular complexity index is 924. The van der Waals surface area contributed by atoms with Crippen LogP contribution in [-0.2, 0) is 26.4 Å². The first-order valence-electron chi connectivity index (χ1n) is 6.61. The summed E-state index contributed by atoms with van der Waals surface area (Å²) >= 11 is 0. The summed E-state index contributed by atoms with van der Waals surface area (Å²) in [5.41, 5.74) is 0.496. The van der Waals surface area contributed by atoms with Gasteiger partial charge in [-0.15, -0.1) is 0 Å². The minimum absolute atomic E-state index is 0.0246. The predicted molar refractivity (Wildman–Crippen MR) is 84.6 cm³/mol. The average Bonchev–Trinajstić information content (AvgIpc) is 2.46. The minimum Gasteiger partial charge on any atom is -0.224 e. The molecule has 0 fully saturated rings. The van der Waals surface area contributed by atoms with Crippen molar-refractivity contribution >= 4 is 19.9 Å². The van der Waals surface area contributed by atoms with Crippen molar-refractivity contribution < 1.29 is 21.2 Å². The Morgan fingerprint density at radius 2 is 1.57 bits per heavy atom. The molecule has 2 aromatic rings. The van der Waals surface area contributed by atoms with Crippen LogP contribution in [0.5, 0.6) is 0 Å². The molecule has 0 unspecified atom stereocenters. The number of benzene rings is 2. The van der Waals surface area contributed by atoms with Crippen molar-refractivity contribution in [2.24, 2.45) is 0 Å². The van der Waals surface area contributed by atoms with Crippen LogP contribution in [0.15, 0.2) is 58.3 Å². The van der Waals surface area contributed by atoms with E-state index in [0.29, 0.717) is 5.56 Å². The molecule has 0 bridgehead atoms.